The lowest BCUT2D eigenvalue weighted by atomic mass is 9.90. The summed E-state index contributed by atoms with van der Waals surface area (Å²) in [5.41, 5.74) is -0.548. The topological polar surface area (TPSA) is 118 Å². The molecular formula is C32H34F3N9O. The first-order valence-electron chi connectivity index (χ1n) is 15.5. The normalized spacial score (nSPS) is 24.0. The monoisotopic (exact) mass is 617 g/mol. The lowest BCUT2D eigenvalue weighted by Crippen LogP contribution is -2.47. The molecule has 4 aliphatic rings. The largest absolute Gasteiger partial charge is 0.363 e. The van der Waals surface area contributed by atoms with Crippen LogP contribution in [0.3, 0.4) is 0 Å². The van der Waals surface area contributed by atoms with Crippen molar-refractivity contribution in [1.82, 2.24) is 34.4 Å². The van der Waals surface area contributed by atoms with Crippen molar-refractivity contribution in [2.75, 3.05) is 25.0 Å². The third kappa shape index (κ3) is 5.35. The summed E-state index contributed by atoms with van der Waals surface area (Å²) in [6, 6.07) is 7.32. The number of rotatable bonds is 1. The summed E-state index contributed by atoms with van der Waals surface area (Å²) in [4.78, 5) is 25.4. The van der Waals surface area contributed by atoms with Crippen LogP contribution < -0.4 is 10.9 Å². The number of hydrogen-bond acceptors (Lipinski definition) is 8. The summed E-state index contributed by atoms with van der Waals surface area (Å²) in [6.45, 7) is 6.32. The molecule has 0 unspecified atom stereocenters. The molecule has 2 fully saturated rings. The van der Waals surface area contributed by atoms with E-state index in [-0.39, 0.29) is 23.6 Å². The molecule has 3 aromatic heterocycles. The van der Waals surface area contributed by atoms with Gasteiger partial charge >= 0.3 is 0 Å². The van der Waals surface area contributed by atoms with Gasteiger partial charge in [0.15, 0.2) is 0 Å². The van der Waals surface area contributed by atoms with Crippen molar-refractivity contribution in [3.63, 3.8) is 0 Å². The number of anilines is 1. The number of halogens is 3. The third-order valence-corrected chi connectivity index (χ3v) is 9.45. The molecule has 6 heterocycles. The highest BCUT2D eigenvalue weighted by molar-refractivity contribution is 5.88. The van der Waals surface area contributed by atoms with Crippen molar-refractivity contribution in [3.8, 4) is 6.07 Å². The molecule has 1 saturated heterocycles. The minimum atomic E-state index is -3.32. The first kappa shape index (κ1) is 29.4. The van der Waals surface area contributed by atoms with Crippen molar-refractivity contribution in [3.05, 3.63) is 74.8 Å². The van der Waals surface area contributed by atoms with E-state index in [1.54, 1.807) is 30.8 Å². The smallest absolute Gasteiger partial charge is 0.276 e. The van der Waals surface area contributed by atoms with Gasteiger partial charge in [-0.2, -0.15) is 5.26 Å². The van der Waals surface area contributed by atoms with E-state index in [2.05, 4.69) is 36.6 Å². The number of hydrogen-bond donors (Lipinski definition) is 1. The Morgan fingerprint density at radius 2 is 1.91 bits per heavy atom. The fraction of sp³-hybridized carbons (Fsp3) is 0.500. The molecule has 3 aliphatic heterocycles. The molecule has 13 heteroatoms. The van der Waals surface area contributed by atoms with Crippen LogP contribution in [0.25, 0.3) is 11.0 Å². The predicted molar refractivity (Wildman–Crippen MR) is 160 cm³/mol. The second-order valence-corrected chi connectivity index (χ2v) is 12.8. The molecule has 234 valence electrons. The van der Waals surface area contributed by atoms with Gasteiger partial charge in [-0.05, 0) is 58.1 Å². The number of pyridine rings is 1. The quantitative estimate of drug-likeness (QED) is 0.323. The van der Waals surface area contributed by atoms with Crippen LogP contribution in [-0.4, -0.2) is 54.1 Å². The van der Waals surface area contributed by atoms with E-state index < -0.39 is 35.2 Å². The number of alkyl halides is 2. The standard InChI is InChI=1S/C32H34F3N9O/c1-19-23-5-3-6-25(27(23)33)32(34,35)8-7-21-14-42(15-21)11-4-12-43-16-22(40-41-43)17-44-29-24(28(37-19)38-20(2)39-29)13-26(30(44)45)31(18-36)9-10-31/h3,5-6,13,16,19,21H,4,7-12,14-15,17H2,1-2H3,(H,37,38,39)/t19-/m1/s1. The van der Waals surface area contributed by atoms with Gasteiger partial charge in [-0.3, -0.25) is 14.0 Å². The van der Waals surface area contributed by atoms with Crippen molar-refractivity contribution in [2.24, 2.45) is 5.92 Å². The zero-order valence-electron chi connectivity index (χ0n) is 25.2. The molecule has 0 spiro atoms. The molecule has 0 radical (unpaired) electrons. The number of nitriles is 1. The summed E-state index contributed by atoms with van der Waals surface area (Å²) >= 11 is 0. The molecule has 0 amide bonds. The average Bonchev–Trinajstić information content (AvgIpc) is 3.65. The number of fused-ring (bicyclic) bond motifs is 5. The summed E-state index contributed by atoms with van der Waals surface area (Å²) < 4.78 is 50.0. The summed E-state index contributed by atoms with van der Waals surface area (Å²) in [5.74, 6) is -3.45. The number of aromatic nitrogens is 6. The van der Waals surface area contributed by atoms with Crippen LogP contribution in [0.15, 0.2) is 35.3 Å². The first-order chi connectivity index (χ1) is 21.6. The molecule has 4 aromatic rings. The van der Waals surface area contributed by atoms with Crippen LogP contribution in [-0.2, 0) is 24.4 Å². The Labute approximate surface area is 257 Å². The fourth-order valence-electron chi connectivity index (χ4n) is 6.67. The maximum Gasteiger partial charge on any atom is 0.276 e. The number of aryl methyl sites for hydroxylation is 2. The Hall–Kier alpha value is -4.31. The molecule has 10 nitrogen and oxygen atoms in total. The van der Waals surface area contributed by atoms with Gasteiger partial charge in [0.2, 0.25) is 0 Å². The van der Waals surface area contributed by atoms with E-state index >= 15 is 13.2 Å². The maximum absolute atomic E-state index is 15.8. The van der Waals surface area contributed by atoms with E-state index in [9.17, 15) is 10.1 Å². The Kier molecular flexibility index (Phi) is 7.15. The van der Waals surface area contributed by atoms with Crippen molar-refractivity contribution in [1.29, 1.82) is 5.26 Å². The van der Waals surface area contributed by atoms with Gasteiger partial charge in [-0.1, -0.05) is 23.4 Å². The van der Waals surface area contributed by atoms with Crippen molar-refractivity contribution >= 4 is 16.9 Å². The fourth-order valence-corrected chi connectivity index (χ4v) is 6.67. The third-order valence-electron chi connectivity index (χ3n) is 9.45. The lowest BCUT2D eigenvalue weighted by molar-refractivity contribution is -0.0321. The molecule has 1 saturated carbocycles. The van der Waals surface area contributed by atoms with Gasteiger partial charge < -0.3 is 10.2 Å². The first-order valence-corrected chi connectivity index (χ1v) is 15.5. The van der Waals surface area contributed by atoms with Gasteiger partial charge in [0.1, 0.15) is 28.8 Å². The van der Waals surface area contributed by atoms with Crippen LogP contribution in [0, 0.1) is 30.0 Å². The summed E-state index contributed by atoms with van der Waals surface area (Å²) in [5, 5.41) is 22.3. The highest BCUT2D eigenvalue weighted by Gasteiger charge is 2.47. The number of nitrogens with zero attached hydrogens (tertiary/aromatic N) is 8. The average molecular weight is 618 g/mol. The molecule has 10 bridgehead atoms. The molecule has 1 aliphatic carbocycles. The molecule has 8 rings (SSSR count). The minimum Gasteiger partial charge on any atom is -0.363 e. The van der Waals surface area contributed by atoms with Gasteiger partial charge in [0.05, 0.1) is 41.2 Å². The molecule has 45 heavy (non-hydrogen) atoms. The number of benzene rings is 1. The minimum absolute atomic E-state index is 0.0781. The van der Waals surface area contributed by atoms with E-state index in [0.29, 0.717) is 59.7 Å². The predicted octanol–water partition coefficient (Wildman–Crippen LogP) is 4.81. The van der Waals surface area contributed by atoms with E-state index in [1.807, 2.05) is 0 Å². The molecule has 1 aromatic carbocycles. The molecule has 1 atom stereocenters. The van der Waals surface area contributed by atoms with E-state index in [0.717, 1.165) is 32.1 Å². The summed E-state index contributed by atoms with van der Waals surface area (Å²) in [7, 11) is 0. The summed E-state index contributed by atoms with van der Waals surface area (Å²) in [6.07, 6.45) is 3.60. The van der Waals surface area contributed by atoms with Gasteiger partial charge in [-0.15, -0.1) is 5.10 Å². The van der Waals surface area contributed by atoms with E-state index in [4.69, 9.17) is 0 Å². The van der Waals surface area contributed by atoms with E-state index in [1.165, 1.54) is 16.7 Å². The second kappa shape index (κ2) is 10.9. The maximum atomic E-state index is 15.8. The van der Waals surface area contributed by atoms with Gasteiger partial charge in [-0.25, -0.2) is 23.1 Å². The van der Waals surface area contributed by atoms with Crippen molar-refractivity contribution < 1.29 is 13.2 Å². The highest BCUT2D eigenvalue weighted by atomic mass is 19.3. The number of nitrogens with one attached hydrogen (secondary N) is 1. The Balaban J connectivity index is 1.36. The second-order valence-electron chi connectivity index (χ2n) is 12.8. The Bertz CT molecular complexity index is 1890. The zero-order chi connectivity index (χ0) is 31.5. The molecular weight excluding hydrogens is 583 g/mol. The van der Waals surface area contributed by atoms with Crippen LogP contribution in [0.4, 0.5) is 19.0 Å². The Morgan fingerprint density at radius 3 is 2.67 bits per heavy atom. The highest BCUT2D eigenvalue weighted by Crippen LogP contribution is 2.47. The SMILES string of the molecule is Cc1nc2c3cc(C4(C#N)CC4)c(=O)n(c3n1)Cc1cn(nn1)CCCN1CC(CCC(F)(F)c3cccc(c3F)[C@@H](C)N2)C1. The van der Waals surface area contributed by atoms with Gasteiger partial charge in [0, 0.05) is 37.2 Å². The van der Waals surface area contributed by atoms with Gasteiger partial charge in [0.25, 0.3) is 11.5 Å². The van der Waals surface area contributed by atoms with Crippen LogP contribution >= 0.6 is 0 Å². The lowest BCUT2D eigenvalue weighted by Gasteiger charge is -2.40. The molecule has 1 N–H and O–H groups in total. The zero-order valence-corrected chi connectivity index (χ0v) is 25.2. The van der Waals surface area contributed by atoms with Crippen molar-refractivity contribution in [2.45, 2.75) is 76.4 Å². The Morgan fingerprint density at radius 1 is 1.11 bits per heavy atom. The van der Waals surface area contributed by atoms with Crippen LogP contribution in [0.1, 0.15) is 73.3 Å². The van der Waals surface area contributed by atoms with Crippen LogP contribution in [0.2, 0.25) is 0 Å². The van der Waals surface area contributed by atoms with Crippen LogP contribution in [0.5, 0.6) is 0 Å².